The molecule has 0 atom stereocenters. The lowest BCUT2D eigenvalue weighted by atomic mass is 10.0. The summed E-state index contributed by atoms with van der Waals surface area (Å²) in [6.07, 6.45) is 0.564. The summed E-state index contributed by atoms with van der Waals surface area (Å²) in [5, 5.41) is 0. The average Bonchev–Trinajstić information content (AvgIpc) is 2.25. The summed E-state index contributed by atoms with van der Waals surface area (Å²) in [7, 11) is 0. The third kappa shape index (κ3) is 2.36. The molecule has 78 valence electrons. The van der Waals surface area contributed by atoms with Crippen molar-refractivity contribution in [2.75, 3.05) is 5.73 Å². The first-order valence-corrected chi connectivity index (χ1v) is 6.12. The van der Waals surface area contributed by atoms with E-state index in [2.05, 4.69) is 15.9 Å². The van der Waals surface area contributed by atoms with E-state index in [1.807, 2.05) is 20.8 Å². The number of carbonyl (C=O) groups is 1. The van der Waals surface area contributed by atoms with Crippen molar-refractivity contribution in [1.82, 2.24) is 0 Å². The minimum Gasteiger partial charge on any atom is -0.397 e. The molecule has 0 spiro atoms. The van der Waals surface area contributed by atoms with Crippen LogP contribution in [-0.4, -0.2) is 5.78 Å². The maximum Gasteiger partial charge on any atom is 0.166 e. The van der Waals surface area contributed by atoms with Gasteiger partial charge >= 0.3 is 0 Å². The Hall–Kier alpha value is -0.350. The van der Waals surface area contributed by atoms with Crippen molar-refractivity contribution >= 4 is 38.7 Å². The van der Waals surface area contributed by atoms with Gasteiger partial charge in [0.2, 0.25) is 0 Å². The van der Waals surface area contributed by atoms with Crippen LogP contribution in [0, 0.1) is 12.8 Å². The van der Waals surface area contributed by atoms with E-state index in [4.69, 9.17) is 5.73 Å². The van der Waals surface area contributed by atoms with Gasteiger partial charge in [-0.1, -0.05) is 13.8 Å². The van der Waals surface area contributed by atoms with Crippen molar-refractivity contribution in [2.24, 2.45) is 5.92 Å². The third-order valence-corrected chi connectivity index (χ3v) is 3.77. The van der Waals surface area contributed by atoms with Crippen molar-refractivity contribution in [3.05, 3.63) is 14.2 Å². The Labute approximate surface area is 96.6 Å². The minimum atomic E-state index is 0.150. The fraction of sp³-hybridized carbons (Fsp3) is 0.500. The number of carbonyl (C=O) groups excluding carboxylic acids is 1. The second-order valence-corrected chi connectivity index (χ2v) is 6.28. The summed E-state index contributed by atoms with van der Waals surface area (Å²) >= 11 is 4.86. The van der Waals surface area contributed by atoms with E-state index in [1.165, 1.54) is 11.3 Å². The fourth-order valence-electron chi connectivity index (χ4n) is 1.35. The Morgan fingerprint density at radius 3 is 2.50 bits per heavy atom. The normalized spacial score (nSPS) is 10.9. The van der Waals surface area contributed by atoms with Crippen LogP contribution in [0.4, 0.5) is 5.69 Å². The quantitative estimate of drug-likeness (QED) is 0.857. The molecule has 0 unspecified atom stereocenters. The second-order valence-electron chi connectivity index (χ2n) is 3.74. The molecule has 1 rings (SSSR count). The van der Waals surface area contributed by atoms with Gasteiger partial charge in [-0.25, -0.2) is 0 Å². The van der Waals surface area contributed by atoms with E-state index >= 15 is 0 Å². The fourth-order valence-corrected chi connectivity index (χ4v) is 3.08. The van der Waals surface area contributed by atoms with Crippen LogP contribution in [0.3, 0.4) is 0 Å². The molecule has 0 radical (unpaired) electrons. The standard InChI is InChI=1S/C10H14BrNOS/c1-5(2)4-7(13)8-6(3)14-10(11)9(8)12/h5H,4,12H2,1-3H3. The molecule has 2 nitrogen and oxygen atoms in total. The van der Waals surface area contributed by atoms with Gasteiger partial charge in [-0.05, 0) is 28.8 Å². The van der Waals surface area contributed by atoms with Gasteiger partial charge in [0.1, 0.15) is 0 Å². The number of nitrogens with two attached hydrogens (primary N) is 1. The van der Waals surface area contributed by atoms with Gasteiger partial charge in [-0.3, -0.25) is 4.79 Å². The van der Waals surface area contributed by atoms with Gasteiger partial charge in [-0.15, -0.1) is 11.3 Å². The Balaban J connectivity index is 3.00. The lowest BCUT2D eigenvalue weighted by molar-refractivity contribution is 0.0968. The molecule has 0 bridgehead atoms. The zero-order chi connectivity index (χ0) is 10.9. The largest absolute Gasteiger partial charge is 0.397 e. The average molecular weight is 276 g/mol. The number of hydrogen-bond acceptors (Lipinski definition) is 3. The monoisotopic (exact) mass is 275 g/mol. The SMILES string of the molecule is Cc1sc(Br)c(N)c1C(=O)CC(C)C. The van der Waals surface area contributed by atoms with Crippen molar-refractivity contribution in [3.63, 3.8) is 0 Å². The molecule has 0 aliphatic rings. The smallest absolute Gasteiger partial charge is 0.166 e. The van der Waals surface area contributed by atoms with Gasteiger partial charge in [0.05, 0.1) is 15.0 Å². The highest BCUT2D eigenvalue weighted by Gasteiger charge is 2.18. The Morgan fingerprint density at radius 2 is 2.14 bits per heavy atom. The van der Waals surface area contributed by atoms with Gasteiger partial charge in [-0.2, -0.15) is 0 Å². The summed E-state index contributed by atoms with van der Waals surface area (Å²) < 4.78 is 0.863. The molecule has 0 saturated heterocycles. The highest BCUT2D eigenvalue weighted by molar-refractivity contribution is 9.11. The summed E-state index contributed by atoms with van der Waals surface area (Å²) in [4.78, 5) is 12.8. The molecule has 1 aromatic heterocycles. The van der Waals surface area contributed by atoms with Crippen LogP contribution in [0.2, 0.25) is 0 Å². The number of thiophene rings is 1. The predicted molar refractivity (Wildman–Crippen MR) is 65.0 cm³/mol. The van der Waals surface area contributed by atoms with Crippen LogP contribution in [0.5, 0.6) is 0 Å². The van der Waals surface area contributed by atoms with Gasteiger partial charge in [0, 0.05) is 11.3 Å². The molecule has 0 aliphatic carbocycles. The molecular formula is C10H14BrNOS. The molecular weight excluding hydrogens is 262 g/mol. The number of halogens is 1. The summed E-state index contributed by atoms with van der Waals surface area (Å²) in [6, 6.07) is 0. The first-order valence-electron chi connectivity index (χ1n) is 4.51. The molecule has 0 aromatic carbocycles. The first-order chi connectivity index (χ1) is 6.43. The third-order valence-electron chi connectivity index (χ3n) is 1.95. The Bertz CT molecular complexity index is 357. The van der Waals surface area contributed by atoms with E-state index in [0.29, 0.717) is 23.6 Å². The van der Waals surface area contributed by atoms with E-state index in [0.717, 1.165) is 8.66 Å². The van der Waals surface area contributed by atoms with Crippen molar-refractivity contribution in [1.29, 1.82) is 0 Å². The highest BCUT2D eigenvalue weighted by atomic mass is 79.9. The maximum absolute atomic E-state index is 11.8. The van der Waals surface area contributed by atoms with E-state index < -0.39 is 0 Å². The number of nitrogen functional groups attached to an aromatic ring is 1. The number of hydrogen-bond donors (Lipinski definition) is 1. The van der Waals surface area contributed by atoms with Gasteiger partial charge in [0.15, 0.2) is 5.78 Å². The molecule has 1 aromatic rings. The van der Waals surface area contributed by atoms with Gasteiger partial charge in [0.25, 0.3) is 0 Å². The minimum absolute atomic E-state index is 0.150. The summed E-state index contributed by atoms with van der Waals surface area (Å²) in [5.41, 5.74) is 7.12. The molecule has 0 saturated carbocycles. The van der Waals surface area contributed by atoms with Crippen LogP contribution in [0.15, 0.2) is 3.79 Å². The molecule has 0 fully saturated rings. The molecule has 14 heavy (non-hydrogen) atoms. The number of Topliss-reactive ketones (excluding diaryl/α,β-unsaturated/α-hetero) is 1. The maximum atomic E-state index is 11.8. The first kappa shape index (κ1) is 11.7. The lowest BCUT2D eigenvalue weighted by Gasteiger charge is -2.04. The topological polar surface area (TPSA) is 43.1 Å². The molecule has 1 heterocycles. The second kappa shape index (κ2) is 4.45. The number of anilines is 1. The van der Waals surface area contributed by atoms with Crippen LogP contribution in [0.25, 0.3) is 0 Å². The lowest BCUT2D eigenvalue weighted by Crippen LogP contribution is -2.06. The highest BCUT2D eigenvalue weighted by Crippen LogP contribution is 2.35. The molecule has 4 heteroatoms. The number of ketones is 1. The Kier molecular flexibility index (Phi) is 3.72. The zero-order valence-corrected chi connectivity index (χ0v) is 11.0. The summed E-state index contributed by atoms with van der Waals surface area (Å²) in [5.74, 6) is 0.525. The van der Waals surface area contributed by atoms with Crippen LogP contribution >= 0.6 is 27.3 Å². The van der Waals surface area contributed by atoms with E-state index in [-0.39, 0.29) is 5.78 Å². The zero-order valence-electron chi connectivity index (χ0n) is 8.56. The molecule has 2 N–H and O–H groups in total. The predicted octanol–water partition coefficient (Wildman–Crippen LogP) is 3.63. The molecule has 0 amide bonds. The van der Waals surface area contributed by atoms with E-state index in [9.17, 15) is 4.79 Å². The Morgan fingerprint density at radius 1 is 1.57 bits per heavy atom. The van der Waals surface area contributed by atoms with Crippen LogP contribution in [-0.2, 0) is 0 Å². The van der Waals surface area contributed by atoms with Crippen LogP contribution < -0.4 is 5.73 Å². The molecule has 0 aliphatic heterocycles. The van der Waals surface area contributed by atoms with Crippen molar-refractivity contribution < 1.29 is 4.79 Å². The van der Waals surface area contributed by atoms with Crippen LogP contribution in [0.1, 0.15) is 35.5 Å². The van der Waals surface area contributed by atoms with Crippen molar-refractivity contribution in [2.45, 2.75) is 27.2 Å². The number of aryl methyl sites for hydroxylation is 1. The number of rotatable bonds is 3. The van der Waals surface area contributed by atoms with E-state index in [1.54, 1.807) is 0 Å². The summed E-state index contributed by atoms with van der Waals surface area (Å²) in [6.45, 7) is 6.00. The van der Waals surface area contributed by atoms with Gasteiger partial charge < -0.3 is 5.73 Å². The van der Waals surface area contributed by atoms with Crippen molar-refractivity contribution in [3.8, 4) is 0 Å².